The van der Waals surface area contributed by atoms with E-state index in [4.69, 9.17) is 11.6 Å². The molecular formula is C19H22ClN3OS. The number of nitrogens with one attached hydrogen (secondary N) is 1. The van der Waals surface area contributed by atoms with Crippen LogP contribution in [0.4, 0.5) is 5.69 Å². The van der Waals surface area contributed by atoms with Crippen molar-refractivity contribution >= 4 is 35.0 Å². The van der Waals surface area contributed by atoms with E-state index in [9.17, 15) is 4.79 Å². The number of hydrogen-bond acceptors (Lipinski definition) is 4. The molecule has 1 N–H and O–H groups in total. The average molecular weight is 376 g/mol. The Morgan fingerprint density at radius 3 is 2.76 bits per heavy atom. The second-order valence-corrected chi connectivity index (χ2v) is 7.65. The SMILES string of the molecule is O=C(Nc1cccc(Cl)c1)c1ccc(SCCN2CCCCC2)nc1. The summed E-state index contributed by atoms with van der Waals surface area (Å²) in [6.45, 7) is 3.54. The van der Waals surface area contributed by atoms with Crippen molar-refractivity contribution in [3.63, 3.8) is 0 Å². The first-order chi connectivity index (χ1) is 12.2. The molecule has 0 aliphatic carbocycles. The molecule has 1 amide bonds. The van der Waals surface area contributed by atoms with Crippen LogP contribution in [0, 0.1) is 0 Å². The number of amides is 1. The number of pyridine rings is 1. The molecule has 2 heterocycles. The first-order valence-electron chi connectivity index (χ1n) is 8.59. The molecule has 1 fully saturated rings. The highest BCUT2D eigenvalue weighted by atomic mass is 35.5. The monoisotopic (exact) mass is 375 g/mol. The van der Waals surface area contributed by atoms with Gasteiger partial charge in [-0.1, -0.05) is 24.1 Å². The number of carbonyl (C=O) groups is 1. The Kier molecular flexibility index (Phi) is 6.73. The van der Waals surface area contributed by atoms with E-state index in [2.05, 4.69) is 15.2 Å². The van der Waals surface area contributed by atoms with E-state index < -0.39 is 0 Å². The number of aromatic nitrogens is 1. The van der Waals surface area contributed by atoms with Crippen LogP contribution in [0.3, 0.4) is 0 Å². The number of anilines is 1. The minimum atomic E-state index is -0.181. The van der Waals surface area contributed by atoms with Crippen LogP contribution in [-0.4, -0.2) is 41.2 Å². The van der Waals surface area contributed by atoms with Gasteiger partial charge in [-0.15, -0.1) is 11.8 Å². The van der Waals surface area contributed by atoms with Crippen molar-refractivity contribution < 1.29 is 4.79 Å². The third-order valence-corrected chi connectivity index (χ3v) is 5.35. The molecule has 0 saturated carbocycles. The summed E-state index contributed by atoms with van der Waals surface area (Å²) in [5.41, 5.74) is 1.22. The molecule has 1 aromatic heterocycles. The van der Waals surface area contributed by atoms with E-state index in [1.807, 2.05) is 18.2 Å². The first kappa shape index (κ1) is 18.2. The normalized spacial score (nSPS) is 15.1. The number of thioether (sulfide) groups is 1. The lowest BCUT2D eigenvalue weighted by Gasteiger charge is -2.25. The number of piperidine rings is 1. The second-order valence-electron chi connectivity index (χ2n) is 6.10. The van der Waals surface area contributed by atoms with E-state index in [0.29, 0.717) is 16.3 Å². The summed E-state index contributed by atoms with van der Waals surface area (Å²) < 4.78 is 0. The van der Waals surface area contributed by atoms with Gasteiger partial charge in [-0.2, -0.15) is 0 Å². The zero-order valence-electron chi connectivity index (χ0n) is 14.1. The quantitative estimate of drug-likeness (QED) is 0.751. The molecule has 1 aromatic carbocycles. The van der Waals surface area contributed by atoms with Gasteiger partial charge in [0.15, 0.2) is 0 Å². The van der Waals surface area contributed by atoms with Crippen molar-refractivity contribution in [3.05, 3.63) is 53.2 Å². The molecule has 2 aromatic rings. The first-order valence-corrected chi connectivity index (χ1v) is 9.95. The molecule has 132 valence electrons. The van der Waals surface area contributed by atoms with Gasteiger partial charge in [0.25, 0.3) is 5.91 Å². The van der Waals surface area contributed by atoms with Crippen molar-refractivity contribution in [2.24, 2.45) is 0 Å². The highest BCUT2D eigenvalue weighted by molar-refractivity contribution is 7.99. The second kappa shape index (κ2) is 9.22. The molecule has 0 atom stereocenters. The summed E-state index contributed by atoms with van der Waals surface area (Å²) in [4.78, 5) is 19.2. The van der Waals surface area contributed by atoms with Crippen molar-refractivity contribution in [3.8, 4) is 0 Å². The molecule has 0 unspecified atom stereocenters. The maximum absolute atomic E-state index is 12.2. The maximum atomic E-state index is 12.2. The fourth-order valence-corrected chi connectivity index (χ4v) is 3.87. The minimum absolute atomic E-state index is 0.181. The summed E-state index contributed by atoms with van der Waals surface area (Å²) in [6, 6.07) is 10.8. The largest absolute Gasteiger partial charge is 0.322 e. The number of halogens is 1. The Morgan fingerprint density at radius 1 is 1.20 bits per heavy atom. The summed E-state index contributed by atoms with van der Waals surface area (Å²) >= 11 is 7.67. The molecular weight excluding hydrogens is 354 g/mol. The van der Waals surface area contributed by atoms with Crippen LogP contribution in [0.2, 0.25) is 5.02 Å². The standard InChI is InChI=1S/C19H22ClN3OS/c20-16-5-4-6-17(13-16)22-19(24)15-7-8-18(21-14-15)25-12-11-23-9-2-1-3-10-23/h4-8,13-14H,1-3,9-12H2,(H,22,24). The Morgan fingerprint density at radius 2 is 2.04 bits per heavy atom. The third kappa shape index (κ3) is 5.73. The van der Waals surface area contributed by atoms with Crippen LogP contribution in [0.15, 0.2) is 47.6 Å². The van der Waals surface area contributed by atoms with Crippen LogP contribution in [0.25, 0.3) is 0 Å². The predicted octanol–water partition coefficient (Wildman–Crippen LogP) is 4.57. The van der Waals surface area contributed by atoms with Gasteiger partial charge in [-0.3, -0.25) is 4.79 Å². The Bertz CT molecular complexity index is 702. The summed E-state index contributed by atoms with van der Waals surface area (Å²) in [7, 11) is 0. The topological polar surface area (TPSA) is 45.2 Å². The van der Waals surface area contributed by atoms with E-state index in [-0.39, 0.29) is 5.91 Å². The molecule has 1 saturated heterocycles. The van der Waals surface area contributed by atoms with E-state index >= 15 is 0 Å². The third-order valence-electron chi connectivity index (χ3n) is 4.19. The Labute approximate surface area is 158 Å². The number of hydrogen-bond donors (Lipinski definition) is 1. The van der Waals surface area contributed by atoms with Crippen molar-refractivity contribution in [1.29, 1.82) is 0 Å². The highest BCUT2D eigenvalue weighted by Crippen LogP contribution is 2.18. The van der Waals surface area contributed by atoms with Gasteiger partial charge < -0.3 is 10.2 Å². The number of likely N-dealkylation sites (tertiary alicyclic amines) is 1. The smallest absolute Gasteiger partial charge is 0.257 e. The predicted molar refractivity (Wildman–Crippen MR) is 105 cm³/mol. The molecule has 0 radical (unpaired) electrons. The highest BCUT2D eigenvalue weighted by Gasteiger charge is 2.10. The van der Waals surface area contributed by atoms with Crippen LogP contribution in [-0.2, 0) is 0 Å². The molecule has 3 rings (SSSR count). The van der Waals surface area contributed by atoms with Crippen molar-refractivity contribution in [2.75, 3.05) is 30.7 Å². The van der Waals surface area contributed by atoms with Crippen molar-refractivity contribution in [1.82, 2.24) is 9.88 Å². The van der Waals surface area contributed by atoms with Crippen molar-refractivity contribution in [2.45, 2.75) is 24.3 Å². The van der Waals surface area contributed by atoms with E-state index in [0.717, 1.165) is 17.3 Å². The minimum Gasteiger partial charge on any atom is -0.322 e. The Balaban J connectivity index is 1.48. The lowest BCUT2D eigenvalue weighted by molar-refractivity contribution is 0.102. The maximum Gasteiger partial charge on any atom is 0.257 e. The molecule has 4 nitrogen and oxygen atoms in total. The molecule has 6 heteroatoms. The number of benzene rings is 1. The molecule has 1 aliphatic heterocycles. The molecule has 0 bridgehead atoms. The van der Waals surface area contributed by atoms with Crippen LogP contribution >= 0.6 is 23.4 Å². The van der Waals surface area contributed by atoms with E-state index in [1.54, 1.807) is 36.2 Å². The van der Waals surface area contributed by atoms with Gasteiger partial charge in [-0.05, 0) is 56.3 Å². The van der Waals surface area contributed by atoms with E-state index in [1.165, 1.54) is 32.4 Å². The summed E-state index contributed by atoms with van der Waals surface area (Å²) in [5, 5.41) is 4.38. The average Bonchev–Trinajstić information content (AvgIpc) is 2.63. The van der Waals surface area contributed by atoms with Gasteiger partial charge in [0, 0.05) is 29.2 Å². The lowest BCUT2D eigenvalue weighted by Crippen LogP contribution is -2.31. The number of rotatable bonds is 6. The molecule has 1 aliphatic rings. The Hall–Kier alpha value is -1.56. The van der Waals surface area contributed by atoms with Gasteiger partial charge in [0.1, 0.15) is 0 Å². The van der Waals surface area contributed by atoms with Gasteiger partial charge >= 0.3 is 0 Å². The van der Waals surface area contributed by atoms with Gasteiger partial charge in [0.05, 0.1) is 10.6 Å². The number of nitrogens with zero attached hydrogens (tertiary/aromatic N) is 2. The summed E-state index contributed by atoms with van der Waals surface area (Å²) in [5.74, 6) is 0.848. The van der Waals surface area contributed by atoms with Gasteiger partial charge in [-0.25, -0.2) is 4.98 Å². The fourth-order valence-electron chi connectivity index (χ4n) is 2.83. The number of carbonyl (C=O) groups excluding carboxylic acids is 1. The van der Waals surface area contributed by atoms with Crippen LogP contribution in [0.5, 0.6) is 0 Å². The zero-order valence-corrected chi connectivity index (χ0v) is 15.7. The van der Waals surface area contributed by atoms with Crippen LogP contribution in [0.1, 0.15) is 29.6 Å². The van der Waals surface area contributed by atoms with Gasteiger partial charge in [0.2, 0.25) is 0 Å². The lowest BCUT2D eigenvalue weighted by atomic mass is 10.1. The summed E-state index contributed by atoms with van der Waals surface area (Å²) in [6.07, 6.45) is 5.63. The van der Waals surface area contributed by atoms with Crippen LogP contribution < -0.4 is 5.32 Å². The fraction of sp³-hybridized carbons (Fsp3) is 0.368. The molecule has 25 heavy (non-hydrogen) atoms. The zero-order chi connectivity index (χ0) is 17.5. The molecule has 0 spiro atoms.